The lowest BCUT2D eigenvalue weighted by molar-refractivity contribution is -0.131. The molecule has 6 heteroatoms. The fraction of sp³-hybridized carbons (Fsp3) is 0.267. The van der Waals surface area contributed by atoms with E-state index in [0.29, 0.717) is 18.1 Å². The molecule has 6 nitrogen and oxygen atoms in total. The predicted octanol–water partition coefficient (Wildman–Crippen LogP) is 2.28. The van der Waals surface area contributed by atoms with E-state index in [1.165, 1.54) is 6.08 Å². The number of nitrogens with zero attached hydrogens (tertiary/aromatic N) is 3. The number of carboxylic acid groups (broad SMARTS) is 1. The number of carbonyl (C=O) groups is 1. The number of hydrogen-bond acceptors (Lipinski definition) is 4. The monoisotopic (exact) mass is 287 g/mol. The minimum absolute atomic E-state index is 0.360. The van der Waals surface area contributed by atoms with Crippen molar-refractivity contribution in [3.05, 3.63) is 47.6 Å². The van der Waals surface area contributed by atoms with Crippen LogP contribution in [0.1, 0.15) is 23.9 Å². The van der Waals surface area contributed by atoms with E-state index in [4.69, 9.17) is 9.84 Å². The van der Waals surface area contributed by atoms with E-state index < -0.39 is 5.97 Å². The van der Waals surface area contributed by atoms with Crippen molar-refractivity contribution in [3.63, 3.8) is 0 Å². The quantitative estimate of drug-likeness (QED) is 0.825. The van der Waals surface area contributed by atoms with Gasteiger partial charge in [0, 0.05) is 30.1 Å². The van der Waals surface area contributed by atoms with Gasteiger partial charge in [0.2, 0.25) is 0 Å². The zero-order valence-corrected chi connectivity index (χ0v) is 12.0. The second kappa shape index (κ2) is 6.69. The van der Waals surface area contributed by atoms with Gasteiger partial charge in [-0.15, -0.1) is 0 Å². The van der Waals surface area contributed by atoms with Crippen molar-refractivity contribution in [1.82, 2.24) is 14.8 Å². The SMILES string of the molecule is CCn1cc(COc2ccc(C)nc2C=CC(=O)O)cn1. The van der Waals surface area contributed by atoms with Crippen LogP contribution in [-0.4, -0.2) is 25.8 Å². The summed E-state index contributed by atoms with van der Waals surface area (Å²) in [6.45, 7) is 5.01. The molecule has 0 aliphatic carbocycles. The third-order valence-electron chi connectivity index (χ3n) is 2.81. The number of hydrogen-bond donors (Lipinski definition) is 1. The molecule has 0 bridgehead atoms. The summed E-state index contributed by atoms with van der Waals surface area (Å²) >= 11 is 0. The maximum absolute atomic E-state index is 10.6. The Morgan fingerprint density at radius 3 is 2.95 bits per heavy atom. The minimum atomic E-state index is -1.02. The molecule has 0 amide bonds. The summed E-state index contributed by atoms with van der Waals surface area (Å²) in [6.07, 6.45) is 6.14. The Kier molecular flexibility index (Phi) is 4.71. The Bertz CT molecular complexity index is 662. The molecule has 0 radical (unpaired) electrons. The molecule has 0 saturated heterocycles. The predicted molar refractivity (Wildman–Crippen MR) is 77.9 cm³/mol. The highest BCUT2D eigenvalue weighted by Gasteiger charge is 2.05. The molecule has 0 aliphatic heterocycles. The average molecular weight is 287 g/mol. The standard InChI is InChI=1S/C15H17N3O3/c1-3-18-9-12(8-16-18)10-21-14-6-4-11(2)17-13(14)5-7-15(19)20/h4-9H,3,10H2,1-2H3,(H,19,20). The Balaban J connectivity index is 2.13. The van der Waals surface area contributed by atoms with Gasteiger partial charge in [-0.25, -0.2) is 9.78 Å². The molecule has 0 aromatic carbocycles. The molecule has 21 heavy (non-hydrogen) atoms. The van der Waals surface area contributed by atoms with Crippen LogP contribution in [0.2, 0.25) is 0 Å². The number of pyridine rings is 1. The average Bonchev–Trinajstić information content (AvgIpc) is 2.92. The molecular weight excluding hydrogens is 270 g/mol. The van der Waals surface area contributed by atoms with Crippen molar-refractivity contribution in [2.75, 3.05) is 0 Å². The largest absolute Gasteiger partial charge is 0.487 e. The fourth-order valence-corrected chi connectivity index (χ4v) is 1.77. The van der Waals surface area contributed by atoms with Gasteiger partial charge in [0.15, 0.2) is 0 Å². The first-order valence-electron chi connectivity index (χ1n) is 6.61. The van der Waals surface area contributed by atoms with E-state index in [0.717, 1.165) is 23.9 Å². The summed E-state index contributed by atoms with van der Waals surface area (Å²) in [7, 11) is 0. The molecule has 2 heterocycles. The first-order valence-corrected chi connectivity index (χ1v) is 6.61. The lowest BCUT2D eigenvalue weighted by atomic mass is 10.2. The van der Waals surface area contributed by atoms with Crippen LogP contribution in [0, 0.1) is 6.92 Å². The topological polar surface area (TPSA) is 77.2 Å². The van der Waals surface area contributed by atoms with Crippen LogP contribution in [0.3, 0.4) is 0 Å². The molecule has 0 unspecified atom stereocenters. The zero-order chi connectivity index (χ0) is 15.2. The van der Waals surface area contributed by atoms with E-state index in [9.17, 15) is 4.79 Å². The molecule has 2 aromatic heterocycles. The highest BCUT2D eigenvalue weighted by Crippen LogP contribution is 2.19. The maximum Gasteiger partial charge on any atom is 0.328 e. The molecule has 0 atom stereocenters. The van der Waals surface area contributed by atoms with Gasteiger partial charge in [-0.2, -0.15) is 5.10 Å². The first-order chi connectivity index (χ1) is 10.1. The van der Waals surface area contributed by atoms with Gasteiger partial charge in [-0.3, -0.25) is 4.68 Å². The Morgan fingerprint density at radius 1 is 1.48 bits per heavy atom. The molecule has 0 aliphatic rings. The van der Waals surface area contributed by atoms with Crippen LogP contribution >= 0.6 is 0 Å². The summed E-state index contributed by atoms with van der Waals surface area (Å²) in [6, 6.07) is 3.61. The third-order valence-corrected chi connectivity index (χ3v) is 2.81. The van der Waals surface area contributed by atoms with Gasteiger partial charge in [0.25, 0.3) is 0 Å². The van der Waals surface area contributed by atoms with Gasteiger partial charge in [0.1, 0.15) is 18.1 Å². The van der Waals surface area contributed by atoms with Crippen molar-refractivity contribution in [3.8, 4) is 5.75 Å². The van der Waals surface area contributed by atoms with Crippen LogP contribution in [0.4, 0.5) is 0 Å². The van der Waals surface area contributed by atoms with Gasteiger partial charge in [-0.1, -0.05) is 0 Å². The van der Waals surface area contributed by atoms with Gasteiger partial charge < -0.3 is 9.84 Å². The third kappa shape index (κ3) is 4.17. The van der Waals surface area contributed by atoms with Crippen molar-refractivity contribution < 1.29 is 14.6 Å². The Labute approximate surface area is 122 Å². The lowest BCUT2D eigenvalue weighted by Gasteiger charge is -2.08. The van der Waals surface area contributed by atoms with Crippen molar-refractivity contribution >= 4 is 12.0 Å². The van der Waals surface area contributed by atoms with E-state index in [1.807, 2.05) is 30.8 Å². The molecule has 2 rings (SSSR count). The van der Waals surface area contributed by atoms with Crippen molar-refractivity contribution in [2.45, 2.75) is 27.0 Å². The molecule has 0 fully saturated rings. The summed E-state index contributed by atoms with van der Waals surface area (Å²) < 4.78 is 7.53. The molecule has 1 N–H and O–H groups in total. The summed E-state index contributed by atoms with van der Waals surface area (Å²) in [5.41, 5.74) is 2.25. The Morgan fingerprint density at radius 2 is 2.29 bits per heavy atom. The lowest BCUT2D eigenvalue weighted by Crippen LogP contribution is -1.99. The molecule has 2 aromatic rings. The number of rotatable bonds is 6. The number of aliphatic carboxylic acids is 1. The number of aryl methyl sites for hydroxylation is 2. The van der Waals surface area contributed by atoms with Gasteiger partial charge in [-0.05, 0) is 32.1 Å². The van der Waals surface area contributed by atoms with Crippen LogP contribution in [0.5, 0.6) is 5.75 Å². The normalized spacial score (nSPS) is 11.0. The highest BCUT2D eigenvalue weighted by molar-refractivity contribution is 5.85. The van der Waals surface area contributed by atoms with Gasteiger partial charge >= 0.3 is 5.97 Å². The summed E-state index contributed by atoms with van der Waals surface area (Å²) in [5, 5.41) is 12.9. The summed E-state index contributed by atoms with van der Waals surface area (Å²) in [5.74, 6) is -0.476. The van der Waals surface area contributed by atoms with E-state index in [1.54, 1.807) is 12.3 Å². The van der Waals surface area contributed by atoms with E-state index in [-0.39, 0.29) is 0 Å². The summed E-state index contributed by atoms with van der Waals surface area (Å²) in [4.78, 5) is 14.9. The second-order valence-corrected chi connectivity index (χ2v) is 4.50. The fourth-order valence-electron chi connectivity index (χ4n) is 1.77. The zero-order valence-electron chi connectivity index (χ0n) is 12.0. The van der Waals surface area contributed by atoms with Crippen LogP contribution in [0.15, 0.2) is 30.6 Å². The van der Waals surface area contributed by atoms with Crippen LogP contribution < -0.4 is 4.74 Å². The molecule has 110 valence electrons. The van der Waals surface area contributed by atoms with Crippen LogP contribution in [-0.2, 0) is 17.9 Å². The first kappa shape index (κ1) is 14.8. The minimum Gasteiger partial charge on any atom is -0.487 e. The highest BCUT2D eigenvalue weighted by atomic mass is 16.5. The van der Waals surface area contributed by atoms with Crippen molar-refractivity contribution in [1.29, 1.82) is 0 Å². The molecular formula is C15H17N3O3. The van der Waals surface area contributed by atoms with Crippen molar-refractivity contribution in [2.24, 2.45) is 0 Å². The molecule has 0 saturated carbocycles. The number of carboxylic acids is 1. The van der Waals surface area contributed by atoms with E-state index >= 15 is 0 Å². The van der Waals surface area contributed by atoms with Crippen LogP contribution in [0.25, 0.3) is 6.08 Å². The molecule has 0 spiro atoms. The second-order valence-electron chi connectivity index (χ2n) is 4.50. The number of aromatic nitrogens is 3. The van der Waals surface area contributed by atoms with E-state index in [2.05, 4.69) is 10.1 Å². The Hall–Kier alpha value is -2.63. The van der Waals surface area contributed by atoms with Gasteiger partial charge in [0.05, 0.1) is 6.20 Å². The maximum atomic E-state index is 10.6. The number of ether oxygens (including phenoxy) is 1. The smallest absolute Gasteiger partial charge is 0.328 e.